The van der Waals surface area contributed by atoms with E-state index in [9.17, 15) is 0 Å². The van der Waals surface area contributed by atoms with E-state index in [0.29, 0.717) is 0 Å². The van der Waals surface area contributed by atoms with Crippen molar-refractivity contribution >= 4 is 54.6 Å². The first kappa shape index (κ1) is 30.3. The molecule has 0 spiro atoms. The Bertz CT molecular complexity index is 3170. The highest BCUT2D eigenvalue weighted by atomic mass is 15.1. The van der Waals surface area contributed by atoms with Crippen molar-refractivity contribution in [2.45, 2.75) is 0 Å². The zero-order chi connectivity index (χ0) is 35.6. The Hall–Kier alpha value is -7.30. The lowest BCUT2D eigenvalue weighted by molar-refractivity contribution is 1.08. The molecule has 0 fully saturated rings. The van der Waals surface area contributed by atoms with Gasteiger partial charge in [-0.05, 0) is 76.2 Å². The summed E-state index contributed by atoms with van der Waals surface area (Å²) in [6, 6.07) is 69.0. The number of nitrogens with zero attached hydrogens (tertiary/aromatic N) is 4. The molecule has 0 bridgehead atoms. The van der Waals surface area contributed by atoms with Crippen LogP contribution in [0.4, 0.5) is 0 Å². The molecule has 11 aromatic rings. The van der Waals surface area contributed by atoms with Crippen molar-refractivity contribution in [1.29, 1.82) is 0 Å². The molecule has 3 heterocycles. The summed E-state index contributed by atoms with van der Waals surface area (Å²) < 4.78 is 4.76. The van der Waals surface area contributed by atoms with Crippen LogP contribution in [-0.2, 0) is 0 Å². The fourth-order valence-corrected chi connectivity index (χ4v) is 8.26. The summed E-state index contributed by atoms with van der Waals surface area (Å²) in [5, 5.41) is 4.78. The van der Waals surface area contributed by atoms with Gasteiger partial charge in [0, 0.05) is 27.4 Å². The summed E-state index contributed by atoms with van der Waals surface area (Å²) in [7, 11) is 0. The lowest BCUT2D eigenvalue weighted by Crippen LogP contribution is -2.04. The van der Waals surface area contributed by atoms with E-state index in [1.165, 1.54) is 43.8 Å². The Morgan fingerprint density at radius 2 is 0.759 bits per heavy atom. The highest BCUT2D eigenvalue weighted by Crippen LogP contribution is 2.43. The van der Waals surface area contributed by atoms with Crippen LogP contribution in [0.2, 0.25) is 0 Å². The Morgan fingerprint density at radius 1 is 0.296 bits per heavy atom. The summed E-state index contributed by atoms with van der Waals surface area (Å²) in [4.78, 5) is 10.8. The molecule has 0 N–H and O–H groups in total. The lowest BCUT2D eigenvalue weighted by Gasteiger charge is -2.15. The monoisotopic (exact) mass is 688 g/mol. The fourth-order valence-electron chi connectivity index (χ4n) is 8.26. The molecule has 0 unspecified atom stereocenters. The molecule has 11 rings (SSSR count). The number of aromatic nitrogens is 4. The van der Waals surface area contributed by atoms with Crippen LogP contribution >= 0.6 is 0 Å². The van der Waals surface area contributed by atoms with Crippen LogP contribution in [-0.4, -0.2) is 19.1 Å². The predicted octanol–water partition coefficient (Wildman–Crippen LogP) is 12.8. The van der Waals surface area contributed by atoms with Crippen LogP contribution in [0.25, 0.3) is 99.7 Å². The van der Waals surface area contributed by atoms with Crippen molar-refractivity contribution < 1.29 is 0 Å². The summed E-state index contributed by atoms with van der Waals surface area (Å²) in [6.07, 6.45) is 0. The van der Waals surface area contributed by atoms with E-state index < -0.39 is 0 Å². The molecule has 4 heteroatoms. The number of hydrogen-bond donors (Lipinski definition) is 0. The van der Waals surface area contributed by atoms with E-state index in [2.05, 4.69) is 185 Å². The highest BCUT2D eigenvalue weighted by Gasteiger charge is 2.23. The fraction of sp³-hybridized carbons (Fsp3) is 0. The summed E-state index contributed by atoms with van der Waals surface area (Å²) in [5.74, 6) is 0.808. The van der Waals surface area contributed by atoms with Gasteiger partial charge in [0.2, 0.25) is 0 Å². The maximum absolute atomic E-state index is 5.42. The zero-order valence-electron chi connectivity index (χ0n) is 29.3. The quantitative estimate of drug-likeness (QED) is 0.180. The topological polar surface area (TPSA) is 35.6 Å². The molecule has 252 valence electrons. The number of fused-ring (bicyclic) bond motifs is 3. The first-order chi connectivity index (χ1) is 26.8. The molecular weight excluding hydrogens is 657 g/mol. The van der Waals surface area contributed by atoms with Crippen LogP contribution < -0.4 is 0 Å². The smallest absolute Gasteiger partial charge is 0.165 e. The first-order valence-electron chi connectivity index (χ1n) is 18.3. The molecule has 0 aliphatic heterocycles. The molecule has 0 saturated heterocycles. The molecule has 8 aromatic carbocycles. The van der Waals surface area contributed by atoms with Gasteiger partial charge in [0.25, 0.3) is 0 Å². The molecule has 4 nitrogen and oxygen atoms in total. The maximum Gasteiger partial charge on any atom is 0.165 e. The number of rotatable bonds is 5. The van der Waals surface area contributed by atoms with Crippen molar-refractivity contribution in [2.75, 3.05) is 0 Å². The second-order valence-corrected chi connectivity index (χ2v) is 13.8. The molecule has 3 aromatic heterocycles. The average molecular weight is 689 g/mol. The molecule has 0 atom stereocenters. The van der Waals surface area contributed by atoms with E-state index in [0.717, 1.165) is 55.9 Å². The summed E-state index contributed by atoms with van der Waals surface area (Å²) in [6.45, 7) is 0. The van der Waals surface area contributed by atoms with Crippen LogP contribution in [0.5, 0.6) is 0 Å². The minimum Gasteiger partial charge on any atom is -0.309 e. The normalized spacial score (nSPS) is 11.7. The minimum absolute atomic E-state index is 0.808. The van der Waals surface area contributed by atoms with Gasteiger partial charge in [-0.1, -0.05) is 146 Å². The summed E-state index contributed by atoms with van der Waals surface area (Å²) >= 11 is 0. The Labute approximate surface area is 311 Å². The van der Waals surface area contributed by atoms with Crippen molar-refractivity contribution in [3.63, 3.8) is 0 Å². The molecule has 0 aliphatic carbocycles. The van der Waals surface area contributed by atoms with Gasteiger partial charge in [0.15, 0.2) is 5.82 Å². The van der Waals surface area contributed by atoms with Gasteiger partial charge in [-0.3, -0.25) is 4.57 Å². The number of hydrogen-bond acceptors (Lipinski definition) is 2. The van der Waals surface area contributed by atoms with Gasteiger partial charge in [-0.15, -0.1) is 0 Å². The van der Waals surface area contributed by atoms with E-state index in [1.807, 2.05) is 18.2 Å². The molecule has 54 heavy (non-hydrogen) atoms. The van der Waals surface area contributed by atoms with Crippen molar-refractivity contribution in [2.24, 2.45) is 0 Å². The Morgan fingerprint density at radius 3 is 1.44 bits per heavy atom. The standard InChI is InChI=1S/C50H32N4/c1-3-13-33(14-4-1)35-25-27-37(28-26-35)49-50(52-42-20-9-8-19-41(42)51-49)54-44-22-11-18-40-39-17-7-10-21-43(39)53(45-23-12-24-46(54)48(45)47(40)44)38-31-29-36(30-32-38)34-15-5-2-6-16-34/h1-32H. The van der Waals surface area contributed by atoms with Crippen molar-refractivity contribution in [3.8, 4) is 45.0 Å². The van der Waals surface area contributed by atoms with Gasteiger partial charge in [0.1, 0.15) is 5.69 Å². The van der Waals surface area contributed by atoms with Gasteiger partial charge >= 0.3 is 0 Å². The third-order valence-corrected chi connectivity index (χ3v) is 10.7. The second kappa shape index (κ2) is 12.1. The van der Waals surface area contributed by atoms with Gasteiger partial charge in [0.05, 0.1) is 33.1 Å². The molecule has 0 radical (unpaired) electrons. The van der Waals surface area contributed by atoms with Crippen LogP contribution in [0.3, 0.4) is 0 Å². The Balaban J connectivity index is 1.22. The third-order valence-electron chi connectivity index (χ3n) is 10.7. The van der Waals surface area contributed by atoms with E-state index in [-0.39, 0.29) is 0 Å². The first-order valence-corrected chi connectivity index (χ1v) is 18.3. The molecule has 0 aliphatic rings. The van der Waals surface area contributed by atoms with E-state index in [1.54, 1.807) is 0 Å². The maximum atomic E-state index is 5.42. The zero-order valence-corrected chi connectivity index (χ0v) is 29.3. The van der Waals surface area contributed by atoms with Crippen molar-refractivity contribution in [1.82, 2.24) is 19.1 Å². The molecule has 0 saturated carbocycles. The number of benzene rings is 8. The SMILES string of the molecule is c1ccc(-c2ccc(-c3nc4ccccc4nc3-n3c4cccc5c6ccccc6n(-c6ccc(-c7ccccc7)cc6)c6cccc3c6c54)cc2)cc1. The molecule has 0 amide bonds. The van der Waals surface area contributed by atoms with Gasteiger partial charge in [-0.25, -0.2) is 9.97 Å². The third kappa shape index (κ3) is 4.70. The van der Waals surface area contributed by atoms with Crippen LogP contribution in [0.15, 0.2) is 194 Å². The van der Waals surface area contributed by atoms with E-state index in [4.69, 9.17) is 9.97 Å². The molecular formula is C50H32N4. The van der Waals surface area contributed by atoms with Crippen LogP contribution in [0.1, 0.15) is 0 Å². The second-order valence-electron chi connectivity index (χ2n) is 13.8. The predicted molar refractivity (Wildman–Crippen MR) is 225 cm³/mol. The highest BCUT2D eigenvalue weighted by molar-refractivity contribution is 6.28. The lowest BCUT2D eigenvalue weighted by atomic mass is 10.0. The van der Waals surface area contributed by atoms with Gasteiger partial charge < -0.3 is 4.57 Å². The number of para-hydroxylation sites is 3. The summed E-state index contributed by atoms with van der Waals surface area (Å²) in [5.41, 5.74) is 13.9. The largest absolute Gasteiger partial charge is 0.309 e. The minimum atomic E-state index is 0.808. The van der Waals surface area contributed by atoms with Crippen LogP contribution in [0, 0.1) is 0 Å². The van der Waals surface area contributed by atoms with Gasteiger partial charge in [-0.2, -0.15) is 0 Å². The Kier molecular flexibility index (Phi) is 6.82. The van der Waals surface area contributed by atoms with Crippen molar-refractivity contribution in [3.05, 3.63) is 194 Å². The average Bonchev–Trinajstić information content (AvgIpc) is 3.53. The van der Waals surface area contributed by atoms with E-state index >= 15 is 0 Å².